The second kappa shape index (κ2) is 8.29. The van der Waals surface area contributed by atoms with Gasteiger partial charge < -0.3 is 24.5 Å². The Morgan fingerprint density at radius 3 is 2.69 bits per heavy atom. The molecule has 0 saturated carbocycles. The molecule has 0 atom stereocenters. The van der Waals surface area contributed by atoms with Crippen LogP contribution in [0.5, 0.6) is 11.5 Å². The van der Waals surface area contributed by atoms with Crippen molar-refractivity contribution in [3.63, 3.8) is 0 Å². The normalized spacial score (nSPS) is 11.4. The maximum atomic E-state index is 5.81. The molecule has 0 aliphatic heterocycles. The summed E-state index contributed by atoms with van der Waals surface area (Å²) < 4.78 is 16.7. The minimum absolute atomic E-state index is 0.531. The van der Waals surface area contributed by atoms with E-state index in [1.165, 1.54) is 0 Å². The number of guanidine groups is 1. The first-order chi connectivity index (χ1) is 12.7. The third-order valence-electron chi connectivity index (χ3n) is 3.86. The lowest BCUT2D eigenvalue weighted by Crippen LogP contribution is -2.30. The first-order valence-corrected chi connectivity index (χ1v) is 8.49. The molecule has 0 amide bonds. The quantitative estimate of drug-likeness (QED) is 0.517. The summed E-state index contributed by atoms with van der Waals surface area (Å²) in [4.78, 5) is 4.25. The Labute approximate surface area is 152 Å². The molecule has 0 fully saturated rings. The molecule has 3 rings (SSSR count). The minimum Gasteiger partial charge on any atom is -0.493 e. The van der Waals surface area contributed by atoms with E-state index in [0.29, 0.717) is 30.6 Å². The summed E-state index contributed by atoms with van der Waals surface area (Å²) in [5, 5.41) is 7.58. The molecule has 0 bridgehead atoms. The molecule has 6 nitrogen and oxygen atoms in total. The van der Waals surface area contributed by atoms with Crippen molar-refractivity contribution >= 4 is 22.6 Å². The third-order valence-corrected chi connectivity index (χ3v) is 3.86. The van der Waals surface area contributed by atoms with Gasteiger partial charge in [0.25, 0.3) is 0 Å². The lowest BCUT2D eigenvalue weighted by molar-refractivity contribution is 0.311. The highest BCUT2D eigenvalue weighted by atomic mass is 16.5. The van der Waals surface area contributed by atoms with Crippen molar-refractivity contribution in [1.29, 1.82) is 0 Å². The predicted octanol–water partition coefficient (Wildman–Crippen LogP) is 4.03. The topological polar surface area (TPSA) is 68.0 Å². The smallest absolute Gasteiger partial charge is 0.195 e. The van der Waals surface area contributed by atoms with Crippen LogP contribution in [-0.4, -0.2) is 26.7 Å². The molecule has 1 heterocycles. The molecule has 2 aromatic carbocycles. The Balaban J connectivity index is 1.66. The van der Waals surface area contributed by atoms with Crippen LogP contribution in [0.1, 0.15) is 12.7 Å². The highest BCUT2D eigenvalue weighted by Gasteiger charge is 2.08. The molecule has 1 aromatic heterocycles. The SMILES string of the molecule is CCOc1cc(NC(=NC)NCc2cc3ccccc3o2)ccc1OC. The minimum atomic E-state index is 0.531. The number of benzene rings is 2. The zero-order valence-electron chi connectivity index (χ0n) is 15.2. The van der Waals surface area contributed by atoms with Crippen LogP contribution < -0.4 is 20.1 Å². The van der Waals surface area contributed by atoms with Crippen LogP contribution in [0.4, 0.5) is 5.69 Å². The number of furan rings is 1. The van der Waals surface area contributed by atoms with Gasteiger partial charge >= 0.3 is 0 Å². The van der Waals surface area contributed by atoms with Crippen LogP contribution in [0.2, 0.25) is 0 Å². The Kier molecular flexibility index (Phi) is 5.63. The molecule has 0 unspecified atom stereocenters. The molecular formula is C20H23N3O3. The Bertz CT molecular complexity index is 869. The summed E-state index contributed by atoms with van der Waals surface area (Å²) in [6.07, 6.45) is 0. The standard InChI is InChI=1S/C20H23N3O3/c1-4-25-19-12-15(9-10-18(19)24-3)23-20(21-2)22-13-16-11-14-7-5-6-8-17(14)26-16/h5-12H,4,13H2,1-3H3,(H2,21,22,23). The number of anilines is 1. The van der Waals surface area contributed by atoms with E-state index in [1.54, 1.807) is 14.2 Å². The summed E-state index contributed by atoms with van der Waals surface area (Å²) in [5.41, 5.74) is 1.73. The van der Waals surface area contributed by atoms with Gasteiger partial charge in [0, 0.05) is 24.2 Å². The number of para-hydroxylation sites is 1. The monoisotopic (exact) mass is 353 g/mol. The van der Waals surface area contributed by atoms with Crippen LogP contribution in [-0.2, 0) is 6.54 Å². The lowest BCUT2D eigenvalue weighted by Gasteiger charge is -2.14. The number of hydrogen-bond acceptors (Lipinski definition) is 4. The maximum absolute atomic E-state index is 5.81. The van der Waals surface area contributed by atoms with Crippen molar-refractivity contribution in [2.45, 2.75) is 13.5 Å². The molecular weight excluding hydrogens is 330 g/mol. The molecule has 3 aromatic rings. The van der Waals surface area contributed by atoms with E-state index in [4.69, 9.17) is 13.9 Å². The van der Waals surface area contributed by atoms with Crippen molar-refractivity contribution in [3.8, 4) is 11.5 Å². The van der Waals surface area contributed by atoms with Crippen molar-refractivity contribution in [3.05, 3.63) is 54.3 Å². The lowest BCUT2D eigenvalue weighted by atomic mass is 10.2. The summed E-state index contributed by atoms with van der Waals surface area (Å²) >= 11 is 0. The average Bonchev–Trinajstić information content (AvgIpc) is 3.08. The fourth-order valence-electron chi connectivity index (χ4n) is 2.63. The van der Waals surface area contributed by atoms with Gasteiger partial charge in [0.05, 0.1) is 20.3 Å². The fourth-order valence-corrected chi connectivity index (χ4v) is 2.63. The van der Waals surface area contributed by atoms with Gasteiger partial charge in [-0.15, -0.1) is 0 Å². The maximum Gasteiger partial charge on any atom is 0.195 e. The number of aliphatic imine (C=N–C) groups is 1. The molecule has 26 heavy (non-hydrogen) atoms. The molecule has 0 aliphatic rings. The van der Waals surface area contributed by atoms with Crippen molar-refractivity contribution in [2.75, 3.05) is 26.1 Å². The molecule has 0 aliphatic carbocycles. The third kappa shape index (κ3) is 4.08. The number of nitrogens with zero attached hydrogens (tertiary/aromatic N) is 1. The van der Waals surface area contributed by atoms with Gasteiger partial charge in [0.15, 0.2) is 17.5 Å². The van der Waals surface area contributed by atoms with E-state index in [0.717, 1.165) is 22.4 Å². The Morgan fingerprint density at radius 1 is 1.12 bits per heavy atom. The average molecular weight is 353 g/mol. The van der Waals surface area contributed by atoms with Crippen LogP contribution in [0, 0.1) is 0 Å². The van der Waals surface area contributed by atoms with E-state index < -0.39 is 0 Å². The number of methoxy groups -OCH3 is 1. The Morgan fingerprint density at radius 2 is 1.96 bits per heavy atom. The van der Waals surface area contributed by atoms with Crippen molar-refractivity contribution in [2.24, 2.45) is 4.99 Å². The molecule has 0 saturated heterocycles. The van der Waals surface area contributed by atoms with Gasteiger partial charge in [-0.05, 0) is 31.2 Å². The largest absolute Gasteiger partial charge is 0.493 e. The summed E-state index contributed by atoms with van der Waals surface area (Å²) in [5.74, 6) is 2.87. The van der Waals surface area contributed by atoms with Crippen LogP contribution in [0.3, 0.4) is 0 Å². The first-order valence-electron chi connectivity index (χ1n) is 8.49. The first kappa shape index (κ1) is 17.7. The summed E-state index contributed by atoms with van der Waals surface area (Å²) in [6, 6.07) is 15.6. The highest BCUT2D eigenvalue weighted by Crippen LogP contribution is 2.30. The number of nitrogens with one attached hydrogen (secondary N) is 2. The van der Waals surface area contributed by atoms with E-state index in [1.807, 2.05) is 55.5 Å². The predicted molar refractivity (Wildman–Crippen MR) is 104 cm³/mol. The van der Waals surface area contributed by atoms with Crippen molar-refractivity contribution < 1.29 is 13.9 Å². The second-order valence-electron chi connectivity index (χ2n) is 5.60. The molecule has 6 heteroatoms. The van der Waals surface area contributed by atoms with Crippen LogP contribution >= 0.6 is 0 Å². The highest BCUT2D eigenvalue weighted by molar-refractivity contribution is 5.93. The van der Waals surface area contributed by atoms with Crippen molar-refractivity contribution in [1.82, 2.24) is 5.32 Å². The molecule has 0 spiro atoms. The second-order valence-corrected chi connectivity index (χ2v) is 5.60. The summed E-state index contributed by atoms with van der Waals surface area (Å²) in [7, 11) is 3.35. The van der Waals surface area contributed by atoms with Gasteiger partial charge in [-0.2, -0.15) is 0 Å². The van der Waals surface area contributed by atoms with Crippen LogP contribution in [0.15, 0.2) is 57.9 Å². The van der Waals surface area contributed by atoms with E-state index in [9.17, 15) is 0 Å². The van der Waals surface area contributed by atoms with E-state index in [2.05, 4.69) is 15.6 Å². The molecule has 0 radical (unpaired) electrons. The van der Waals surface area contributed by atoms with E-state index in [-0.39, 0.29) is 0 Å². The van der Waals surface area contributed by atoms with E-state index >= 15 is 0 Å². The summed E-state index contributed by atoms with van der Waals surface area (Å²) in [6.45, 7) is 3.04. The Hall–Kier alpha value is -3.15. The van der Waals surface area contributed by atoms with Gasteiger partial charge in [-0.1, -0.05) is 18.2 Å². The zero-order valence-corrected chi connectivity index (χ0v) is 15.2. The van der Waals surface area contributed by atoms with Gasteiger partial charge in [-0.3, -0.25) is 4.99 Å². The van der Waals surface area contributed by atoms with Gasteiger partial charge in [0.1, 0.15) is 11.3 Å². The number of hydrogen-bond donors (Lipinski definition) is 2. The number of ether oxygens (including phenoxy) is 2. The number of fused-ring (bicyclic) bond motifs is 1. The van der Waals surface area contributed by atoms with Gasteiger partial charge in [-0.25, -0.2) is 0 Å². The number of rotatable bonds is 6. The van der Waals surface area contributed by atoms with Crippen LogP contribution in [0.25, 0.3) is 11.0 Å². The zero-order chi connectivity index (χ0) is 18.4. The van der Waals surface area contributed by atoms with Gasteiger partial charge in [0.2, 0.25) is 0 Å². The molecule has 2 N–H and O–H groups in total. The molecule has 136 valence electrons. The fraction of sp³-hybridized carbons (Fsp3) is 0.250.